The van der Waals surface area contributed by atoms with Gasteiger partial charge < -0.3 is 14.4 Å². The Balaban J connectivity index is 2.03. The first-order valence-electron chi connectivity index (χ1n) is 8.19. The standard InChI is InChI=1S/C18H20BFO4S2/c1-17(2)18(3,4)24-19(23-17)16(20)15(11-7-8-25-10-11)13-6-5-12(26-13)9-14(21)22/h5-8,10H,9H2,1-4H3,(H,21,22). The van der Waals surface area contributed by atoms with E-state index in [0.717, 1.165) is 5.56 Å². The van der Waals surface area contributed by atoms with Gasteiger partial charge in [0.05, 0.1) is 17.6 Å². The van der Waals surface area contributed by atoms with Crippen LogP contribution in [0.5, 0.6) is 0 Å². The Kier molecular flexibility index (Phi) is 5.14. The van der Waals surface area contributed by atoms with Crippen molar-refractivity contribution in [2.45, 2.75) is 45.3 Å². The molecule has 4 nitrogen and oxygen atoms in total. The summed E-state index contributed by atoms with van der Waals surface area (Å²) in [7, 11) is -1.10. The molecule has 1 saturated heterocycles. The van der Waals surface area contributed by atoms with Gasteiger partial charge in [0.25, 0.3) is 0 Å². The van der Waals surface area contributed by atoms with E-state index in [4.69, 9.17) is 14.4 Å². The number of thiophene rings is 2. The van der Waals surface area contributed by atoms with Gasteiger partial charge in [0, 0.05) is 15.3 Å². The molecule has 0 amide bonds. The highest BCUT2D eigenvalue weighted by Gasteiger charge is 2.53. The second-order valence-corrected chi connectivity index (χ2v) is 9.11. The van der Waals surface area contributed by atoms with Crippen LogP contribution >= 0.6 is 22.7 Å². The molecule has 0 aliphatic carbocycles. The number of carbonyl (C=O) groups is 1. The molecule has 2 aromatic heterocycles. The monoisotopic (exact) mass is 394 g/mol. The number of aliphatic carboxylic acids is 1. The molecule has 3 heterocycles. The Hall–Kier alpha value is -1.48. The highest BCUT2D eigenvalue weighted by atomic mass is 32.1. The molecule has 3 rings (SSSR count). The van der Waals surface area contributed by atoms with Crippen LogP contribution in [0.1, 0.15) is 43.0 Å². The van der Waals surface area contributed by atoms with Crippen molar-refractivity contribution in [2.75, 3.05) is 0 Å². The zero-order valence-corrected chi connectivity index (χ0v) is 16.7. The van der Waals surface area contributed by atoms with Crippen molar-refractivity contribution in [3.8, 4) is 0 Å². The zero-order valence-electron chi connectivity index (χ0n) is 15.0. The Morgan fingerprint density at radius 1 is 1.19 bits per heavy atom. The molecule has 1 fully saturated rings. The van der Waals surface area contributed by atoms with Gasteiger partial charge in [-0.05, 0) is 62.2 Å². The lowest BCUT2D eigenvalue weighted by atomic mass is 9.82. The fraction of sp³-hybridized carbons (Fsp3) is 0.389. The van der Waals surface area contributed by atoms with Crippen molar-refractivity contribution in [3.05, 3.63) is 50.0 Å². The molecule has 0 unspecified atom stereocenters. The lowest BCUT2D eigenvalue weighted by Crippen LogP contribution is -2.41. The summed E-state index contributed by atoms with van der Waals surface area (Å²) in [6.45, 7) is 7.50. The maximum absolute atomic E-state index is 15.5. The molecule has 1 aliphatic rings. The first-order valence-corrected chi connectivity index (χ1v) is 9.95. The average Bonchev–Trinajstić information content (AvgIpc) is 3.21. The summed E-state index contributed by atoms with van der Waals surface area (Å²) < 4.78 is 27.2. The van der Waals surface area contributed by atoms with Crippen LogP contribution in [0.2, 0.25) is 0 Å². The van der Waals surface area contributed by atoms with E-state index >= 15 is 4.39 Å². The lowest BCUT2D eigenvalue weighted by Gasteiger charge is -2.32. The average molecular weight is 394 g/mol. The van der Waals surface area contributed by atoms with Crippen LogP contribution in [0, 0.1) is 0 Å². The van der Waals surface area contributed by atoms with Gasteiger partial charge in [-0.25, -0.2) is 4.39 Å². The van der Waals surface area contributed by atoms with E-state index in [-0.39, 0.29) is 6.42 Å². The zero-order chi connectivity index (χ0) is 19.1. The molecule has 1 N–H and O–H groups in total. The van der Waals surface area contributed by atoms with Crippen molar-refractivity contribution >= 4 is 41.3 Å². The maximum atomic E-state index is 15.5. The van der Waals surface area contributed by atoms with Crippen LogP contribution in [0.15, 0.2) is 34.7 Å². The van der Waals surface area contributed by atoms with E-state index < -0.39 is 30.0 Å². The van der Waals surface area contributed by atoms with E-state index in [1.807, 2.05) is 44.5 Å². The van der Waals surface area contributed by atoms with Gasteiger partial charge in [0.1, 0.15) is 5.73 Å². The Labute approximate surface area is 160 Å². The Bertz CT molecular complexity index is 823. The number of rotatable bonds is 5. The van der Waals surface area contributed by atoms with Crippen molar-refractivity contribution in [3.63, 3.8) is 0 Å². The van der Waals surface area contributed by atoms with Gasteiger partial charge in [-0.15, -0.1) is 11.3 Å². The molecule has 8 heteroatoms. The summed E-state index contributed by atoms with van der Waals surface area (Å²) >= 11 is 2.74. The van der Waals surface area contributed by atoms with Gasteiger partial charge in [0.15, 0.2) is 0 Å². The maximum Gasteiger partial charge on any atom is 0.525 e. The molecule has 0 bridgehead atoms. The topological polar surface area (TPSA) is 55.8 Å². The predicted molar refractivity (Wildman–Crippen MR) is 103 cm³/mol. The molecule has 26 heavy (non-hydrogen) atoms. The fourth-order valence-electron chi connectivity index (χ4n) is 2.63. The highest BCUT2D eigenvalue weighted by molar-refractivity contribution is 7.13. The molecule has 138 valence electrons. The number of carboxylic acids is 1. The summed E-state index contributed by atoms with van der Waals surface area (Å²) in [5.41, 5.74) is -0.653. The fourth-order valence-corrected chi connectivity index (χ4v) is 4.34. The molecule has 0 saturated carbocycles. The third-order valence-electron chi connectivity index (χ3n) is 4.74. The largest absolute Gasteiger partial charge is 0.525 e. The van der Waals surface area contributed by atoms with Crippen LogP contribution < -0.4 is 0 Å². The minimum Gasteiger partial charge on any atom is -0.481 e. The first kappa shape index (κ1) is 19.3. The van der Waals surface area contributed by atoms with E-state index in [1.165, 1.54) is 22.7 Å². The van der Waals surface area contributed by atoms with Gasteiger partial charge >= 0.3 is 13.1 Å². The van der Waals surface area contributed by atoms with E-state index in [2.05, 4.69) is 0 Å². The molecule has 0 aromatic carbocycles. The van der Waals surface area contributed by atoms with E-state index in [9.17, 15) is 4.79 Å². The molecule has 2 aromatic rings. The third kappa shape index (κ3) is 3.64. The molecule has 0 radical (unpaired) electrons. The van der Waals surface area contributed by atoms with Crippen molar-refractivity contribution in [1.29, 1.82) is 0 Å². The summed E-state index contributed by atoms with van der Waals surface area (Å²) in [5, 5.41) is 12.7. The Morgan fingerprint density at radius 2 is 1.85 bits per heavy atom. The normalized spacial score (nSPS) is 19.5. The first-order chi connectivity index (χ1) is 12.1. The predicted octanol–water partition coefficient (Wildman–Crippen LogP) is 4.80. The number of hydrogen-bond acceptors (Lipinski definition) is 5. The van der Waals surface area contributed by atoms with E-state index in [0.29, 0.717) is 15.3 Å². The number of carboxylic acid groups (broad SMARTS) is 1. The summed E-state index contributed by atoms with van der Waals surface area (Å²) in [4.78, 5) is 12.3. The van der Waals surface area contributed by atoms with Crippen LogP contribution in [-0.4, -0.2) is 29.4 Å². The number of hydrogen-bond donors (Lipinski definition) is 1. The minimum absolute atomic E-state index is 0.0836. The number of halogens is 1. The van der Waals surface area contributed by atoms with Crippen LogP contribution in [0.4, 0.5) is 4.39 Å². The van der Waals surface area contributed by atoms with Gasteiger partial charge in [0.2, 0.25) is 0 Å². The minimum atomic E-state index is -1.10. The second kappa shape index (κ2) is 6.92. The van der Waals surface area contributed by atoms with Crippen molar-refractivity contribution in [2.24, 2.45) is 0 Å². The second-order valence-electron chi connectivity index (χ2n) is 7.16. The smallest absolute Gasteiger partial charge is 0.481 e. The highest BCUT2D eigenvalue weighted by Crippen LogP contribution is 2.42. The third-order valence-corrected chi connectivity index (χ3v) is 6.53. The van der Waals surface area contributed by atoms with E-state index in [1.54, 1.807) is 12.1 Å². The van der Waals surface area contributed by atoms with Gasteiger partial charge in [-0.2, -0.15) is 11.3 Å². The van der Waals surface area contributed by atoms with Crippen LogP contribution in [0.3, 0.4) is 0 Å². The molecule has 0 atom stereocenters. The molecule has 0 spiro atoms. The van der Waals surface area contributed by atoms with Crippen molar-refractivity contribution in [1.82, 2.24) is 0 Å². The van der Waals surface area contributed by atoms with Crippen LogP contribution in [-0.2, 0) is 20.5 Å². The molecule has 1 aliphatic heterocycles. The SMILES string of the molecule is CC1(C)OB(C(F)=C(c2ccsc2)c2ccc(CC(=O)O)s2)OC1(C)C. The molecular formula is C18H20BFO4S2. The van der Waals surface area contributed by atoms with Crippen LogP contribution in [0.25, 0.3) is 5.57 Å². The molecular weight excluding hydrogens is 374 g/mol. The summed E-state index contributed by atoms with van der Waals surface area (Å²) in [6, 6.07) is 5.31. The summed E-state index contributed by atoms with van der Waals surface area (Å²) in [6.07, 6.45) is -0.0836. The van der Waals surface area contributed by atoms with Crippen molar-refractivity contribution < 1.29 is 23.6 Å². The Morgan fingerprint density at radius 3 is 2.38 bits per heavy atom. The van der Waals surface area contributed by atoms with Gasteiger partial charge in [-0.1, -0.05) is 0 Å². The lowest BCUT2D eigenvalue weighted by molar-refractivity contribution is -0.136. The quantitative estimate of drug-likeness (QED) is 0.741. The summed E-state index contributed by atoms with van der Waals surface area (Å²) in [5.74, 6) is -0.911. The van der Waals surface area contributed by atoms with Gasteiger partial charge in [-0.3, -0.25) is 4.79 Å².